The molecule has 0 fully saturated rings. The molecule has 1 amide bonds. The van der Waals surface area contributed by atoms with E-state index in [4.69, 9.17) is 0 Å². The number of halogens is 5. The van der Waals surface area contributed by atoms with Crippen molar-refractivity contribution in [3.63, 3.8) is 0 Å². The fourth-order valence-corrected chi connectivity index (χ4v) is 1.49. The van der Waals surface area contributed by atoms with E-state index in [1.54, 1.807) is 0 Å². The molecule has 0 unspecified atom stereocenters. The maximum atomic E-state index is 12.1. The number of carbonyl (C=O) groups excluding carboxylic acids is 1. The van der Waals surface area contributed by atoms with Crippen LogP contribution in [0.3, 0.4) is 0 Å². The van der Waals surface area contributed by atoms with E-state index in [9.17, 15) is 18.0 Å². The van der Waals surface area contributed by atoms with Gasteiger partial charge in [-0.05, 0) is 25.1 Å². The number of nitrogens with zero attached hydrogens (tertiary/aromatic N) is 1. The van der Waals surface area contributed by atoms with Crippen LogP contribution < -0.4 is 15.4 Å². The highest BCUT2D eigenvalue weighted by molar-refractivity contribution is 5.94. The zero-order valence-electron chi connectivity index (χ0n) is 12.5. The Bertz CT molecular complexity index is 462. The Morgan fingerprint density at radius 3 is 2.57 bits per heavy atom. The van der Waals surface area contributed by atoms with Crippen molar-refractivity contribution in [2.75, 3.05) is 26.2 Å². The van der Waals surface area contributed by atoms with Gasteiger partial charge in [0.2, 0.25) is 0 Å². The van der Waals surface area contributed by atoms with Gasteiger partial charge in [-0.2, -0.15) is 13.2 Å². The van der Waals surface area contributed by atoms with Gasteiger partial charge in [-0.1, -0.05) is 6.92 Å². The lowest BCUT2D eigenvalue weighted by molar-refractivity contribution is -0.153. The van der Waals surface area contributed by atoms with Crippen molar-refractivity contribution in [3.05, 3.63) is 24.0 Å². The Morgan fingerprint density at radius 2 is 1.96 bits per heavy atom. The third-order valence-electron chi connectivity index (χ3n) is 2.39. The predicted molar refractivity (Wildman–Crippen MR) is 85.8 cm³/mol. The van der Waals surface area contributed by atoms with Crippen LogP contribution in [-0.4, -0.2) is 43.3 Å². The van der Waals surface area contributed by atoms with Gasteiger partial charge in [0.15, 0.2) is 18.1 Å². The smallest absolute Gasteiger partial charge is 0.422 e. The SMILES string of the molecule is CCCNCCNC(=O)c1ncccc1OCC(F)(F)F.Cl.Cl. The summed E-state index contributed by atoms with van der Waals surface area (Å²) in [5, 5.41) is 5.66. The minimum Gasteiger partial charge on any atom is -0.482 e. The number of rotatable bonds is 8. The number of amides is 1. The number of carbonyl (C=O) groups is 1. The van der Waals surface area contributed by atoms with Gasteiger partial charge in [-0.15, -0.1) is 24.8 Å². The number of hydrogen-bond acceptors (Lipinski definition) is 4. The summed E-state index contributed by atoms with van der Waals surface area (Å²) in [6.45, 7) is 2.32. The molecule has 0 bridgehead atoms. The van der Waals surface area contributed by atoms with Crippen molar-refractivity contribution in [2.45, 2.75) is 19.5 Å². The predicted octanol–water partition coefficient (Wildman–Crippen LogP) is 2.60. The Balaban J connectivity index is 0. The van der Waals surface area contributed by atoms with Crippen molar-refractivity contribution < 1.29 is 22.7 Å². The summed E-state index contributed by atoms with van der Waals surface area (Å²) in [5.41, 5.74) is -0.155. The average molecular weight is 378 g/mol. The second kappa shape index (κ2) is 12.2. The van der Waals surface area contributed by atoms with Gasteiger partial charge in [0, 0.05) is 19.3 Å². The Labute approximate surface area is 145 Å². The van der Waals surface area contributed by atoms with Crippen molar-refractivity contribution >= 4 is 30.7 Å². The molecule has 1 aromatic heterocycles. The molecule has 0 spiro atoms. The molecule has 0 aliphatic rings. The Morgan fingerprint density at radius 1 is 1.26 bits per heavy atom. The molecule has 0 radical (unpaired) electrons. The maximum Gasteiger partial charge on any atom is 0.422 e. The molecule has 5 nitrogen and oxygen atoms in total. The quantitative estimate of drug-likeness (QED) is 0.683. The zero-order chi connectivity index (χ0) is 15.7. The summed E-state index contributed by atoms with van der Waals surface area (Å²) in [6.07, 6.45) is -2.16. The standard InChI is InChI=1S/C13H18F3N3O2.2ClH/c1-2-5-17-7-8-19-12(20)11-10(4-3-6-18-11)21-9-13(14,15)16;;/h3-4,6,17H,2,5,7-9H2,1H3,(H,19,20);2*1H. The highest BCUT2D eigenvalue weighted by Gasteiger charge is 2.29. The number of alkyl halides is 3. The van der Waals surface area contributed by atoms with Gasteiger partial charge >= 0.3 is 6.18 Å². The van der Waals surface area contributed by atoms with Gasteiger partial charge in [-0.3, -0.25) is 4.79 Å². The van der Waals surface area contributed by atoms with Crippen LogP contribution in [0.4, 0.5) is 13.2 Å². The molecule has 1 heterocycles. The molecule has 1 aromatic rings. The van der Waals surface area contributed by atoms with Crippen LogP contribution in [0.1, 0.15) is 23.8 Å². The van der Waals surface area contributed by atoms with E-state index in [0.717, 1.165) is 13.0 Å². The first-order valence-electron chi connectivity index (χ1n) is 6.57. The van der Waals surface area contributed by atoms with Gasteiger partial charge in [-0.25, -0.2) is 4.98 Å². The lowest BCUT2D eigenvalue weighted by Gasteiger charge is -2.12. The summed E-state index contributed by atoms with van der Waals surface area (Å²) in [5.74, 6) is -0.750. The highest BCUT2D eigenvalue weighted by atomic mass is 35.5. The number of hydrogen-bond donors (Lipinski definition) is 2. The number of ether oxygens (including phenoxy) is 1. The summed E-state index contributed by atoms with van der Waals surface area (Å²) in [4.78, 5) is 15.6. The molecular formula is C13H20Cl2F3N3O2. The largest absolute Gasteiger partial charge is 0.482 e. The first-order chi connectivity index (χ1) is 9.94. The Hall–Kier alpha value is -1.25. The first-order valence-corrected chi connectivity index (χ1v) is 6.57. The molecule has 10 heteroatoms. The molecule has 2 N–H and O–H groups in total. The Kier molecular flexibility index (Phi) is 12.7. The van der Waals surface area contributed by atoms with Gasteiger partial charge in [0.1, 0.15) is 0 Å². The molecule has 134 valence electrons. The van der Waals surface area contributed by atoms with E-state index in [0.29, 0.717) is 13.1 Å². The minimum atomic E-state index is -4.46. The fraction of sp³-hybridized carbons (Fsp3) is 0.538. The van der Waals surface area contributed by atoms with Crippen LogP contribution in [0.25, 0.3) is 0 Å². The second-order valence-electron chi connectivity index (χ2n) is 4.26. The molecule has 0 aliphatic carbocycles. The molecule has 1 rings (SSSR count). The fourth-order valence-electron chi connectivity index (χ4n) is 1.49. The van der Waals surface area contributed by atoms with Gasteiger partial charge < -0.3 is 15.4 Å². The molecule has 0 atom stereocenters. The van der Waals surface area contributed by atoms with Crippen molar-refractivity contribution in [2.24, 2.45) is 0 Å². The van der Waals surface area contributed by atoms with E-state index >= 15 is 0 Å². The van der Waals surface area contributed by atoms with E-state index < -0.39 is 18.7 Å². The molecule has 23 heavy (non-hydrogen) atoms. The lowest BCUT2D eigenvalue weighted by Crippen LogP contribution is -2.33. The number of pyridine rings is 1. The van der Waals surface area contributed by atoms with E-state index in [-0.39, 0.29) is 36.3 Å². The van der Waals surface area contributed by atoms with Crippen molar-refractivity contribution in [3.8, 4) is 5.75 Å². The lowest BCUT2D eigenvalue weighted by atomic mass is 10.3. The van der Waals surface area contributed by atoms with E-state index in [1.807, 2.05) is 6.92 Å². The number of aromatic nitrogens is 1. The third kappa shape index (κ3) is 10.2. The average Bonchev–Trinajstić information content (AvgIpc) is 2.44. The molecule has 0 aromatic carbocycles. The summed E-state index contributed by atoms with van der Waals surface area (Å²) < 4.78 is 41.0. The third-order valence-corrected chi connectivity index (χ3v) is 2.39. The summed E-state index contributed by atoms with van der Waals surface area (Å²) in [6, 6.07) is 2.69. The topological polar surface area (TPSA) is 63.2 Å². The molecule has 0 saturated heterocycles. The normalized spacial score (nSPS) is 10.3. The van der Waals surface area contributed by atoms with Crippen LogP contribution in [0.15, 0.2) is 18.3 Å². The van der Waals surface area contributed by atoms with Crippen molar-refractivity contribution in [1.29, 1.82) is 0 Å². The van der Waals surface area contributed by atoms with Gasteiger partial charge in [0.05, 0.1) is 0 Å². The first kappa shape index (κ1) is 24.0. The molecule has 0 aliphatic heterocycles. The zero-order valence-corrected chi connectivity index (χ0v) is 14.1. The van der Waals surface area contributed by atoms with Crippen molar-refractivity contribution in [1.82, 2.24) is 15.6 Å². The molecular weight excluding hydrogens is 358 g/mol. The minimum absolute atomic E-state index is 0. The van der Waals surface area contributed by atoms with Crippen LogP contribution in [0.2, 0.25) is 0 Å². The monoisotopic (exact) mass is 377 g/mol. The highest BCUT2D eigenvalue weighted by Crippen LogP contribution is 2.20. The summed E-state index contributed by atoms with van der Waals surface area (Å²) in [7, 11) is 0. The van der Waals surface area contributed by atoms with E-state index in [2.05, 4.69) is 20.4 Å². The summed E-state index contributed by atoms with van der Waals surface area (Å²) >= 11 is 0. The second-order valence-corrected chi connectivity index (χ2v) is 4.26. The van der Waals surface area contributed by atoms with Crippen LogP contribution in [-0.2, 0) is 0 Å². The van der Waals surface area contributed by atoms with Crippen LogP contribution in [0.5, 0.6) is 5.75 Å². The van der Waals surface area contributed by atoms with Crippen LogP contribution in [0, 0.1) is 0 Å². The van der Waals surface area contributed by atoms with Crippen LogP contribution >= 0.6 is 24.8 Å². The van der Waals surface area contributed by atoms with E-state index in [1.165, 1.54) is 18.3 Å². The van der Waals surface area contributed by atoms with Gasteiger partial charge in [0.25, 0.3) is 5.91 Å². The molecule has 0 saturated carbocycles. The maximum absolute atomic E-state index is 12.1. The number of nitrogens with one attached hydrogen (secondary N) is 2.